The molecule has 1 fully saturated rings. The molecule has 0 unspecified atom stereocenters. The summed E-state index contributed by atoms with van der Waals surface area (Å²) >= 11 is 5.82. The van der Waals surface area contributed by atoms with Gasteiger partial charge in [0.1, 0.15) is 11.6 Å². The number of hydrogen-bond donors (Lipinski definition) is 4. The number of nitrogens with zero attached hydrogens (tertiary/aromatic N) is 3. The van der Waals surface area contributed by atoms with Crippen molar-refractivity contribution in [3.63, 3.8) is 0 Å². The van der Waals surface area contributed by atoms with E-state index in [0.717, 1.165) is 31.3 Å². The molecule has 0 amide bonds. The zero-order chi connectivity index (χ0) is 19.5. The van der Waals surface area contributed by atoms with Gasteiger partial charge in [0, 0.05) is 30.4 Å². The number of rotatable bonds is 7. The van der Waals surface area contributed by atoms with E-state index in [1.165, 1.54) is 31.0 Å². The summed E-state index contributed by atoms with van der Waals surface area (Å²) in [5, 5.41) is 19.2. The Labute approximate surface area is 166 Å². The molecule has 146 valence electrons. The van der Waals surface area contributed by atoms with E-state index in [2.05, 4.69) is 30.7 Å². The van der Waals surface area contributed by atoms with Crippen molar-refractivity contribution >= 4 is 34.3 Å². The third kappa shape index (κ3) is 4.23. The fourth-order valence-corrected chi connectivity index (χ4v) is 3.15. The van der Waals surface area contributed by atoms with Crippen molar-refractivity contribution in [1.29, 1.82) is 0 Å². The number of amidine groups is 1. The molecule has 1 aliphatic carbocycles. The van der Waals surface area contributed by atoms with Crippen molar-refractivity contribution in [2.24, 2.45) is 11.1 Å². The van der Waals surface area contributed by atoms with E-state index in [4.69, 9.17) is 11.6 Å². The Hall–Kier alpha value is -2.71. The predicted octanol–water partition coefficient (Wildman–Crippen LogP) is 3.54. The number of hydrogen-bond acceptors (Lipinski definition) is 5. The first-order chi connectivity index (χ1) is 13.6. The topological polar surface area (TPSA) is 98.2 Å². The molecule has 28 heavy (non-hydrogen) atoms. The number of aromatic nitrogens is 3. The van der Waals surface area contributed by atoms with Gasteiger partial charge in [-0.15, -0.1) is 0 Å². The van der Waals surface area contributed by atoms with Gasteiger partial charge in [-0.3, -0.25) is 0 Å². The van der Waals surface area contributed by atoms with Crippen LogP contribution < -0.4 is 10.6 Å². The van der Waals surface area contributed by atoms with Crippen LogP contribution in [0.5, 0.6) is 0 Å². The molecule has 4 N–H and O–H groups in total. The van der Waals surface area contributed by atoms with E-state index in [-0.39, 0.29) is 10.9 Å². The molecule has 0 saturated heterocycles. The highest BCUT2D eigenvalue weighted by Crippen LogP contribution is 2.27. The van der Waals surface area contributed by atoms with Crippen molar-refractivity contribution in [2.75, 3.05) is 18.4 Å². The molecule has 2 heterocycles. The quantitative estimate of drug-likeness (QED) is 0.159. The minimum Gasteiger partial charge on any atom is -0.409 e. The Morgan fingerprint density at radius 3 is 2.96 bits per heavy atom. The largest absolute Gasteiger partial charge is 0.409 e. The van der Waals surface area contributed by atoms with Crippen LogP contribution in [0, 0.1) is 11.7 Å². The van der Waals surface area contributed by atoms with E-state index in [1.54, 1.807) is 12.3 Å². The van der Waals surface area contributed by atoms with E-state index < -0.39 is 5.82 Å². The minimum atomic E-state index is -0.519. The summed E-state index contributed by atoms with van der Waals surface area (Å²) in [6, 6.07) is 5.88. The lowest BCUT2D eigenvalue weighted by Crippen LogP contribution is -2.20. The van der Waals surface area contributed by atoms with Crippen LogP contribution in [-0.4, -0.2) is 39.1 Å². The summed E-state index contributed by atoms with van der Waals surface area (Å²) in [6.45, 7) is 1.88. The number of pyridine rings is 1. The molecule has 0 spiro atoms. The third-order valence-electron chi connectivity index (χ3n) is 4.65. The molecule has 1 aromatic carbocycles. The molecule has 0 atom stereocenters. The maximum absolute atomic E-state index is 13.4. The molecule has 1 saturated carbocycles. The van der Waals surface area contributed by atoms with Gasteiger partial charge in [-0.05, 0) is 49.6 Å². The Balaban J connectivity index is 1.52. The fourth-order valence-electron chi connectivity index (χ4n) is 2.97. The molecule has 1 aliphatic rings. The molecule has 2 aromatic heterocycles. The smallest absolute Gasteiger partial charge is 0.179 e. The van der Waals surface area contributed by atoms with Gasteiger partial charge in [0.2, 0.25) is 0 Å². The Morgan fingerprint density at radius 1 is 1.36 bits per heavy atom. The molecule has 0 bridgehead atoms. The summed E-state index contributed by atoms with van der Waals surface area (Å²) in [4.78, 5) is 12.1. The van der Waals surface area contributed by atoms with Crippen molar-refractivity contribution in [2.45, 2.75) is 19.3 Å². The Morgan fingerprint density at radius 2 is 2.21 bits per heavy atom. The van der Waals surface area contributed by atoms with Crippen LogP contribution in [0.3, 0.4) is 0 Å². The highest BCUT2D eigenvalue weighted by atomic mass is 35.5. The van der Waals surface area contributed by atoms with Crippen LogP contribution in [-0.2, 0) is 6.42 Å². The summed E-state index contributed by atoms with van der Waals surface area (Å²) in [5.74, 6) is 1.30. The van der Waals surface area contributed by atoms with E-state index >= 15 is 0 Å². The van der Waals surface area contributed by atoms with Crippen LogP contribution in [0.1, 0.15) is 24.2 Å². The van der Waals surface area contributed by atoms with Gasteiger partial charge in [0.15, 0.2) is 11.5 Å². The molecular formula is C19H20ClFN6O. The van der Waals surface area contributed by atoms with Crippen LogP contribution in [0.2, 0.25) is 5.02 Å². The summed E-state index contributed by atoms with van der Waals surface area (Å²) in [6.07, 6.45) is 4.98. The Kier molecular flexibility index (Phi) is 5.40. The second-order valence-electron chi connectivity index (χ2n) is 6.84. The first-order valence-electron chi connectivity index (χ1n) is 9.13. The van der Waals surface area contributed by atoms with Gasteiger partial charge in [-0.25, -0.2) is 14.4 Å². The van der Waals surface area contributed by atoms with E-state index in [9.17, 15) is 9.60 Å². The van der Waals surface area contributed by atoms with Crippen LogP contribution >= 0.6 is 11.6 Å². The maximum atomic E-state index is 13.4. The first kappa shape index (κ1) is 18.6. The third-order valence-corrected chi connectivity index (χ3v) is 4.94. The van der Waals surface area contributed by atoms with Crippen molar-refractivity contribution in [1.82, 2.24) is 20.3 Å². The van der Waals surface area contributed by atoms with Gasteiger partial charge in [0.05, 0.1) is 10.5 Å². The number of aromatic amines is 1. The highest BCUT2D eigenvalue weighted by Gasteiger charge is 2.20. The minimum absolute atomic E-state index is 0.0234. The zero-order valence-corrected chi connectivity index (χ0v) is 15.8. The fraction of sp³-hybridized carbons (Fsp3) is 0.316. The molecule has 0 radical (unpaired) electrons. The van der Waals surface area contributed by atoms with Crippen molar-refractivity contribution in [3.05, 3.63) is 52.7 Å². The van der Waals surface area contributed by atoms with Crippen LogP contribution in [0.25, 0.3) is 11.2 Å². The predicted molar refractivity (Wildman–Crippen MR) is 107 cm³/mol. The lowest BCUT2D eigenvalue weighted by Gasteiger charge is -2.09. The lowest BCUT2D eigenvalue weighted by atomic mass is 10.2. The van der Waals surface area contributed by atoms with Crippen LogP contribution in [0.4, 0.5) is 10.1 Å². The molecule has 9 heteroatoms. The SMILES string of the molecule is O/N=C(\Nc1ccc(F)c(Cl)c1)c1ccnc2nc(CCNCC3CC3)[nH]c12. The van der Waals surface area contributed by atoms with Gasteiger partial charge in [-0.1, -0.05) is 16.8 Å². The maximum Gasteiger partial charge on any atom is 0.179 e. The molecular weight excluding hydrogens is 383 g/mol. The molecule has 0 aliphatic heterocycles. The Bertz CT molecular complexity index is 1020. The van der Waals surface area contributed by atoms with Gasteiger partial charge >= 0.3 is 0 Å². The molecule has 7 nitrogen and oxygen atoms in total. The lowest BCUT2D eigenvalue weighted by molar-refractivity contribution is 0.319. The van der Waals surface area contributed by atoms with E-state index in [0.29, 0.717) is 22.4 Å². The summed E-state index contributed by atoms with van der Waals surface area (Å²) < 4.78 is 13.4. The first-order valence-corrected chi connectivity index (χ1v) is 9.50. The van der Waals surface area contributed by atoms with Crippen molar-refractivity contribution < 1.29 is 9.60 Å². The second-order valence-corrected chi connectivity index (χ2v) is 7.25. The van der Waals surface area contributed by atoms with E-state index in [1.807, 2.05) is 0 Å². The number of anilines is 1. The average molecular weight is 403 g/mol. The summed E-state index contributed by atoms with van der Waals surface area (Å²) in [5.41, 5.74) is 2.29. The van der Waals surface area contributed by atoms with Crippen molar-refractivity contribution in [3.8, 4) is 0 Å². The monoisotopic (exact) mass is 402 g/mol. The number of H-pyrrole nitrogens is 1. The standard InChI is InChI=1S/C19H20ClFN6O/c20-14-9-12(3-4-15(14)21)24-18(27-28)13-5-8-23-19-17(13)25-16(26-19)6-7-22-10-11-1-2-11/h3-5,8-9,11,22,28H,1-2,6-7,10H2,(H,24,27)(H,23,25,26). The van der Waals surface area contributed by atoms with Crippen LogP contribution in [0.15, 0.2) is 35.6 Å². The number of fused-ring (bicyclic) bond motifs is 1. The number of oxime groups is 1. The number of benzene rings is 1. The molecule has 4 rings (SSSR count). The average Bonchev–Trinajstić information content (AvgIpc) is 3.42. The normalized spacial score (nSPS) is 14.6. The second kappa shape index (κ2) is 8.12. The number of halogens is 2. The summed E-state index contributed by atoms with van der Waals surface area (Å²) in [7, 11) is 0. The van der Waals surface area contributed by atoms with Gasteiger partial charge in [-0.2, -0.15) is 0 Å². The molecule has 3 aromatic rings. The number of nitrogens with one attached hydrogen (secondary N) is 3. The van der Waals surface area contributed by atoms with Gasteiger partial charge < -0.3 is 20.8 Å². The number of imidazole rings is 1. The zero-order valence-electron chi connectivity index (χ0n) is 15.0. The highest BCUT2D eigenvalue weighted by molar-refractivity contribution is 6.31. The van der Waals surface area contributed by atoms with Gasteiger partial charge in [0.25, 0.3) is 0 Å².